The highest BCUT2D eigenvalue weighted by Gasteiger charge is 2.15. The molecule has 0 heterocycles. The van der Waals surface area contributed by atoms with Gasteiger partial charge in [-0.05, 0) is 37.8 Å². The summed E-state index contributed by atoms with van der Waals surface area (Å²) in [5.74, 6) is 2.57. The van der Waals surface area contributed by atoms with Gasteiger partial charge < -0.3 is 4.74 Å². The Morgan fingerprint density at radius 2 is 1.54 bits per heavy atom. The van der Waals surface area contributed by atoms with Crippen LogP contribution in [0.3, 0.4) is 0 Å². The summed E-state index contributed by atoms with van der Waals surface area (Å²) in [6, 6.07) is 0. The highest BCUT2D eigenvalue weighted by Crippen LogP contribution is 2.22. The molecule has 0 aliphatic heterocycles. The van der Waals surface area contributed by atoms with Crippen LogP contribution in [0.4, 0.5) is 0 Å². The first-order valence-corrected chi connectivity index (χ1v) is 13.0. The molecule has 2 atom stereocenters. The minimum Gasteiger partial charge on any atom is -0.494 e. The molecule has 0 aliphatic carbocycles. The van der Waals surface area contributed by atoms with E-state index >= 15 is 0 Å². The summed E-state index contributed by atoms with van der Waals surface area (Å²) in [6.07, 6.45) is 11.0. The first-order valence-electron chi connectivity index (χ1n) is 10.9. The van der Waals surface area contributed by atoms with Gasteiger partial charge in [-0.2, -0.15) is 0 Å². The van der Waals surface area contributed by atoms with Crippen LogP contribution in [-0.4, -0.2) is 27.0 Å². The molecule has 0 radical (unpaired) electrons. The zero-order valence-electron chi connectivity index (χ0n) is 20.8. The fraction of sp³-hybridized carbons (Fsp3) is 0.750. The van der Waals surface area contributed by atoms with Crippen molar-refractivity contribution in [3.05, 3.63) is 36.1 Å². The Morgan fingerprint density at radius 3 is 1.82 bits per heavy atom. The molecule has 0 aliphatic rings. The van der Waals surface area contributed by atoms with E-state index in [1.165, 1.54) is 25.5 Å². The van der Waals surface area contributed by atoms with Gasteiger partial charge in [-0.25, -0.2) is 8.42 Å². The van der Waals surface area contributed by atoms with Gasteiger partial charge in [-0.1, -0.05) is 92.9 Å². The molecule has 0 unspecified atom stereocenters. The number of allylic oxidation sites excluding steroid dienone is 4. The van der Waals surface area contributed by atoms with Crippen molar-refractivity contribution < 1.29 is 13.2 Å². The van der Waals surface area contributed by atoms with Crippen molar-refractivity contribution >= 4 is 9.84 Å². The Bertz CT molecular complexity index is 488. The predicted octanol–water partition coefficient (Wildman–Crippen LogP) is 7.60. The highest BCUT2D eigenvalue weighted by molar-refractivity contribution is 7.90. The molecule has 28 heavy (non-hydrogen) atoms. The second-order valence-corrected chi connectivity index (χ2v) is 8.76. The molecule has 0 rings (SSSR count). The standard InChI is InChI=1S/C17H30O.C3H8O2S.2C2H6/c1-7-10-16(8-2)15(6)13-18-17(9-3)12-11-14(4)5;1-3-6(2,4)5;2*1-2/h9,11-12,15-16H,4,7-8,10,13H2,1-3,5-6H3;3H2,1-2H3;2*1-2H3/b12-11-,17-9+;;;/t15-,16+;;;/m1.../s1. The van der Waals surface area contributed by atoms with E-state index in [9.17, 15) is 8.42 Å². The maximum Gasteiger partial charge on any atom is 0.147 e. The molecule has 0 spiro atoms. The van der Waals surface area contributed by atoms with Crippen molar-refractivity contribution in [2.75, 3.05) is 18.6 Å². The van der Waals surface area contributed by atoms with Crippen molar-refractivity contribution in [2.24, 2.45) is 11.8 Å². The quantitative estimate of drug-likeness (QED) is 0.271. The Labute approximate surface area is 178 Å². The van der Waals surface area contributed by atoms with E-state index in [0.29, 0.717) is 5.92 Å². The summed E-state index contributed by atoms with van der Waals surface area (Å²) >= 11 is 0. The lowest BCUT2D eigenvalue weighted by atomic mass is 9.88. The van der Waals surface area contributed by atoms with Crippen LogP contribution in [0, 0.1) is 11.8 Å². The fourth-order valence-electron chi connectivity index (χ4n) is 2.08. The van der Waals surface area contributed by atoms with Crippen molar-refractivity contribution in [3.8, 4) is 0 Å². The highest BCUT2D eigenvalue weighted by atomic mass is 32.2. The molecule has 170 valence electrons. The monoisotopic (exact) mass is 418 g/mol. The van der Waals surface area contributed by atoms with Gasteiger partial charge in [0.1, 0.15) is 15.6 Å². The summed E-state index contributed by atoms with van der Waals surface area (Å²) < 4.78 is 25.9. The van der Waals surface area contributed by atoms with E-state index in [-0.39, 0.29) is 5.75 Å². The third-order valence-electron chi connectivity index (χ3n) is 3.84. The van der Waals surface area contributed by atoms with Gasteiger partial charge in [0, 0.05) is 12.0 Å². The predicted molar refractivity (Wildman–Crippen MR) is 130 cm³/mol. The summed E-state index contributed by atoms with van der Waals surface area (Å²) in [7, 11) is -2.66. The van der Waals surface area contributed by atoms with Crippen LogP contribution < -0.4 is 0 Å². The molecule has 0 aromatic rings. The minimum absolute atomic E-state index is 0.243. The lowest BCUT2D eigenvalue weighted by Gasteiger charge is -2.22. The SMILES string of the molecule is C=C(C)/C=C\C(=C/C)OC[C@@H](C)[C@@H](CC)CCC.CC.CC.CCS(C)(=O)=O. The van der Waals surface area contributed by atoms with Gasteiger partial charge in [0.15, 0.2) is 0 Å². The maximum atomic E-state index is 10.0. The van der Waals surface area contributed by atoms with Gasteiger partial charge in [0.25, 0.3) is 0 Å². The zero-order valence-corrected chi connectivity index (χ0v) is 21.6. The molecule has 0 amide bonds. The topological polar surface area (TPSA) is 43.4 Å². The summed E-state index contributed by atoms with van der Waals surface area (Å²) in [6.45, 7) is 25.1. The second kappa shape index (κ2) is 24.0. The molecule has 0 saturated carbocycles. The lowest BCUT2D eigenvalue weighted by molar-refractivity contribution is 0.141. The first kappa shape index (κ1) is 34.5. The summed E-state index contributed by atoms with van der Waals surface area (Å²) in [5, 5.41) is 0. The number of sulfone groups is 1. The van der Waals surface area contributed by atoms with E-state index in [4.69, 9.17) is 4.74 Å². The average Bonchev–Trinajstić information content (AvgIpc) is 2.68. The molecule has 3 nitrogen and oxygen atoms in total. The first-order chi connectivity index (χ1) is 13.1. The maximum absolute atomic E-state index is 10.0. The van der Waals surface area contributed by atoms with Gasteiger partial charge in [0.05, 0.1) is 6.61 Å². The third kappa shape index (κ3) is 27.2. The van der Waals surface area contributed by atoms with Crippen LogP contribution in [0.2, 0.25) is 0 Å². The lowest BCUT2D eigenvalue weighted by Crippen LogP contribution is -2.16. The largest absolute Gasteiger partial charge is 0.494 e. The molecule has 0 bridgehead atoms. The molecular formula is C24H50O3S. The molecule has 0 aromatic carbocycles. The van der Waals surface area contributed by atoms with Gasteiger partial charge >= 0.3 is 0 Å². The van der Waals surface area contributed by atoms with Crippen LogP contribution in [0.15, 0.2) is 36.1 Å². The Morgan fingerprint density at radius 1 is 1.07 bits per heavy atom. The zero-order chi connectivity index (χ0) is 23.2. The van der Waals surface area contributed by atoms with E-state index in [1.54, 1.807) is 6.92 Å². The normalized spacial score (nSPS) is 13.0. The van der Waals surface area contributed by atoms with Gasteiger partial charge in [0.2, 0.25) is 0 Å². The molecule has 0 N–H and O–H groups in total. The third-order valence-corrected chi connectivity index (χ3v) is 4.89. The summed E-state index contributed by atoms with van der Waals surface area (Å²) in [5.41, 5.74) is 1.04. The van der Waals surface area contributed by atoms with Gasteiger partial charge in [-0.3, -0.25) is 0 Å². The van der Waals surface area contributed by atoms with Crippen LogP contribution in [0.25, 0.3) is 0 Å². The fourth-order valence-corrected chi connectivity index (χ4v) is 2.08. The number of rotatable bonds is 10. The van der Waals surface area contributed by atoms with Crippen LogP contribution >= 0.6 is 0 Å². The van der Waals surface area contributed by atoms with E-state index in [2.05, 4.69) is 27.4 Å². The average molecular weight is 419 g/mol. The van der Waals surface area contributed by atoms with Gasteiger partial charge in [-0.15, -0.1) is 0 Å². The smallest absolute Gasteiger partial charge is 0.147 e. The van der Waals surface area contributed by atoms with Crippen molar-refractivity contribution in [2.45, 2.75) is 88.5 Å². The second-order valence-electron chi connectivity index (χ2n) is 6.33. The minimum atomic E-state index is -2.66. The Balaban J connectivity index is -0.000000241. The molecular weight excluding hydrogens is 368 g/mol. The van der Waals surface area contributed by atoms with Crippen molar-refractivity contribution in [3.63, 3.8) is 0 Å². The van der Waals surface area contributed by atoms with Crippen LogP contribution in [0.1, 0.15) is 88.5 Å². The number of ether oxygens (including phenoxy) is 1. The Kier molecular flexibility index (Phi) is 29.6. The molecule has 4 heteroatoms. The Hall–Kier alpha value is -1.03. The number of hydrogen-bond donors (Lipinski definition) is 0. The van der Waals surface area contributed by atoms with Crippen molar-refractivity contribution in [1.82, 2.24) is 0 Å². The summed E-state index contributed by atoms with van der Waals surface area (Å²) in [4.78, 5) is 0. The van der Waals surface area contributed by atoms with E-state index in [0.717, 1.165) is 23.9 Å². The van der Waals surface area contributed by atoms with Crippen molar-refractivity contribution in [1.29, 1.82) is 0 Å². The number of hydrogen-bond acceptors (Lipinski definition) is 3. The molecule has 0 aromatic heterocycles. The van der Waals surface area contributed by atoms with Crippen LogP contribution in [-0.2, 0) is 14.6 Å². The van der Waals surface area contributed by atoms with Crippen LogP contribution in [0.5, 0.6) is 0 Å². The molecule has 0 fully saturated rings. The van der Waals surface area contributed by atoms with E-state index < -0.39 is 9.84 Å². The molecule has 0 saturated heterocycles. The van der Waals surface area contributed by atoms with E-state index in [1.807, 2.05) is 59.8 Å².